The van der Waals surface area contributed by atoms with E-state index in [0.717, 1.165) is 34.9 Å². The number of aryl methyl sites for hydroxylation is 1. The van der Waals surface area contributed by atoms with Crippen LogP contribution in [0.3, 0.4) is 0 Å². The lowest BCUT2D eigenvalue weighted by Gasteiger charge is -2.39. The van der Waals surface area contributed by atoms with Crippen LogP contribution in [-0.2, 0) is 17.6 Å². The van der Waals surface area contributed by atoms with Crippen LogP contribution in [0.4, 0.5) is 10.2 Å². The minimum Gasteiger partial charge on any atom is -0.462 e. The van der Waals surface area contributed by atoms with E-state index in [9.17, 15) is 9.18 Å². The second kappa shape index (κ2) is 12.0. The Bertz CT molecular complexity index is 1540. The molecule has 3 aliphatic rings. The summed E-state index contributed by atoms with van der Waals surface area (Å²) in [5.74, 6) is 0.537. The predicted molar refractivity (Wildman–Crippen MR) is 160 cm³/mol. The lowest BCUT2D eigenvalue weighted by Crippen LogP contribution is -2.56. The maximum atomic E-state index is 14.0. The van der Waals surface area contributed by atoms with Crippen LogP contribution < -0.4 is 9.64 Å². The van der Waals surface area contributed by atoms with Crippen LogP contribution in [0.2, 0.25) is 0 Å². The number of ether oxygens (including phenoxy) is 1. The Morgan fingerprint density at radius 3 is 2.83 bits per heavy atom. The first-order chi connectivity index (χ1) is 20.4. The molecule has 2 fully saturated rings. The van der Waals surface area contributed by atoms with Crippen molar-refractivity contribution in [1.82, 2.24) is 24.8 Å². The number of hydrogen-bond acceptors (Lipinski definition) is 7. The topological polar surface area (TPSA) is 79.1 Å². The van der Waals surface area contributed by atoms with E-state index >= 15 is 0 Å². The van der Waals surface area contributed by atoms with Crippen molar-refractivity contribution < 1.29 is 13.9 Å². The van der Waals surface area contributed by atoms with Crippen molar-refractivity contribution in [1.29, 1.82) is 0 Å². The molecule has 42 heavy (non-hydrogen) atoms. The molecule has 1 aliphatic carbocycles. The Hall–Kier alpha value is -4.10. The van der Waals surface area contributed by atoms with Crippen molar-refractivity contribution in [3.63, 3.8) is 0 Å². The zero-order valence-electron chi connectivity index (χ0n) is 24.0. The fourth-order valence-corrected chi connectivity index (χ4v) is 6.57. The lowest BCUT2D eigenvalue weighted by molar-refractivity contribution is -0.128. The second-order valence-electron chi connectivity index (χ2n) is 11.5. The van der Waals surface area contributed by atoms with Crippen LogP contribution in [0.25, 0.3) is 26.9 Å². The summed E-state index contributed by atoms with van der Waals surface area (Å²) in [6.45, 7) is 13.4. The monoisotopic (exact) mass is 569 g/mol. The van der Waals surface area contributed by atoms with Crippen molar-refractivity contribution in [2.24, 2.45) is 0 Å². The van der Waals surface area contributed by atoms with Gasteiger partial charge >= 0.3 is 6.01 Å². The highest BCUT2D eigenvalue weighted by molar-refractivity contribution is 5.93. The van der Waals surface area contributed by atoms with E-state index in [2.05, 4.69) is 39.5 Å². The third-order valence-corrected chi connectivity index (χ3v) is 8.82. The fourth-order valence-electron chi connectivity index (χ4n) is 6.57. The zero-order chi connectivity index (χ0) is 29.2. The molecule has 0 N–H and O–H groups in total. The molecule has 10 heteroatoms. The van der Waals surface area contributed by atoms with Gasteiger partial charge in [0.25, 0.3) is 0 Å². The molecule has 1 aromatic carbocycles. The quantitative estimate of drug-likeness (QED) is 0.313. The summed E-state index contributed by atoms with van der Waals surface area (Å²) in [4.78, 5) is 36.1. The molecule has 6 rings (SSSR count). The van der Waals surface area contributed by atoms with Gasteiger partial charge in [-0.1, -0.05) is 12.6 Å². The van der Waals surface area contributed by atoms with Crippen molar-refractivity contribution in [3.05, 3.63) is 65.8 Å². The van der Waals surface area contributed by atoms with E-state index in [4.69, 9.17) is 21.3 Å². The molecule has 3 aromatic rings. The van der Waals surface area contributed by atoms with Gasteiger partial charge in [0.1, 0.15) is 24.6 Å². The summed E-state index contributed by atoms with van der Waals surface area (Å²) >= 11 is 0. The third kappa shape index (κ3) is 5.53. The number of aromatic nitrogens is 3. The lowest BCUT2D eigenvalue weighted by atomic mass is 9.87. The van der Waals surface area contributed by atoms with Crippen LogP contribution in [0, 0.1) is 6.57 Å². The Kier molecular flexibility index (Phi) is 8.02. The first-order valence-corrected chi connectivity index (χ1v) is 14.7. The smallest absolute Gasteiger partial charge is 0.319 e. The Morgan fingerprint density at radius 1 is 1.19 bits per heavy atom. The van der Waals surface area contributed by atoms with Crippen molar-refractivity contribution in [3.8, 4) is 17.1 Å². The molecule has 4 heterocycles. The number of pyridine rings is 1. The number of halogens is 1. The van der Waals surface area contributed by atoms with Gasteiger partial charge in [-0.3, -0.25) is 14.7 Å². The number of likely N-dealkylation sites (tertiary alicyclic amines) is 1. The van der Waals surface area contributed by atoms with Crippen molar-refractivity contribution in [2.45, 2.75) is 50.4 Å². The molecule has 0 radical (unpaired) electrons. The molecular formula is C32H36FN7O2. The van der Waals surface area contributed by atoms with Crippen molar-refractivity contribution in [2.75, 3.05) is 51.3 Å². The van der Waals surface area contributed by atoms with Gasteiger partial charge in [0.05, 0.1) is 5.52 Å². The standard InChI is InChI=1S/C32H36FN7O2/c1-4-30(41)40-12-11-39(19-25(40)16-34-2)31-27-10-9-21(28-17-35-15-22-7-5-6-8-26(22)28)13-29(27)36-32(37-31)42-20-24-14-23(33)18-38(24)3/h4,9-10,13,15,17,23-25H,1,5-8,11-12,14,16,18-20H2,3H3/t23-,24+,25+/m1/s1. The number of hydrogen-bond donors (Lipinski definition) is 0. The molecule has 0 unspecified atom stereocenters. The second-order valence-corrected chi connectivity index (χ2v) is 11.5. The molecular weight excluding hydrogens is 533 g/mol. The summed E-state index contributed by atoms with van der Waals surface area (Å²) in [6, 6.07) is 6.13. The number of piperazine rings is 1. The molecule has 2 aliphatic heterocycles. The van der Waals surface area contributed by atoms with Gasteiger partial charge in [-0.2, -0.15) is 9.97 Å². The normalized spacial score (nSPS) is 22.5. The number of carbonyl (C=O) groups excluding carboxylic acids is 1. The third-order valence-electron chi connectivity index (χ3n) is 8.82. The van der Waals surface area contributed by atoms with E-state index in [1.165, 1.54) is 30.0 Å². The summed E-state index contributed by atoms with van der Waals surface area (Å²) in [7, 11) is 1.91. The van der Waals surface area contributed by atoms with Gasteiger partial charge in [-0.25, -0.2) is 11.0 Å². The molecule has 2 aromatic heterocycles. The summed E-state index contributed by atoms with van der Waals surface area (Å²) in [5, 5.41) is 0.871. The minimum atomic E-state index is -0.862. The maximum absolute atomic E-state index is 14.0. The van der Waals surface area contributed by atoms with Gasteiger partial charge in [0.15, 0.2) is 0 Å². The van der Waals surface area contributed by atoms with Gasteiger partial charge in [-0.15, -0.1) is 0 Å². The number of rotatable bonds is 7. The molecule has 9 nitrogen and oxygen atoms in total. The Labute approximate surface area is 245 Å². The largest absolute Gasteiger partial charge is 0.462 e. The number of amides is 1. The van der Waals surface area contributed by atoms with Crippen molar-refractivity contribution >= 4 is 22.6 Å². The maximum Gasteiger partial charge on any atom is 0.319 e. The minimum absolute atomic E-state index is 0.0486. The van der Waals surface area contributed by atoms with Gasteiger partial charge in [-0.05, 0) is 74.1 Å². The Morgan fingerprint density at radius 2 is 2.05 bits per heavy atom. The molecule has 0 spiro atoms. The molecule has 0 saturated carbocycles. The highest BCUT2D eigenvalue weighted by Gasteiger charge is 2.34. The predicted octanol–water partition coefficient (Wildman–Crippen LogP) is 4.11. The summed E-state index contributed by atoms with van der Waals surface area (Å²) < 4.78 is 20.1. The first-order valence-electron chi connectivity index (χ1n) is 14.7. The van der Waals surface area contributed by atoms with E-state index in [1.807, 2.05) is 24.3 Å². The number of likely N-dealkylation sites (N-methyl/N-ethyl adjacent to an activating group) is 1. The molecule has 3 atom stereocenters. The zero-order valence-corrected chi connectivity index (χ0v) is 24.0. The molecule has 2 saturated heterocycles. The van der Waals surface area contributed by atoms with Crippen LogP contribution in [0.1, 0.15) is 30.4 Å². The van der Waals surface area contributed by atoms with E-state index in [0.29, 0.717) is 45.0 Å². The van der Waals surface area contributed by atoms with Gasteiger partial charge < -0.3 is 19.4 Å². The number of anilines is 1. The summed E-state index contributed by atoms with van der Waals surface area (Å²) in [6.07, 6.45) is 9.24. The molecule has 218 valence electrons. The summed E-state index contributed by atoms with van der Waals surface area (Å²) in [5.41, 5.74) is 5.60. The number of benzene rings is 1. The van der Waals surface area contributed by atoms with E-state index in [-0.39, 0.29) is 30.5 Å². The van der Waals surface area contributed by atoms with E-state index < -0.39 is 6.17 Å². The van der Waals surface area contributed by atoms with Crippen LogP contribution in [-0.4, -0.2) is 95.3 Å². The number of fused-ring (bicyclic) bond motifs is 2. The first kappa shape index (κ1) is 28.0. The fraction of sp³-hybridized carbons (Fsp3) is 0.469. The van der Waals surface area contributed by atoms with Gasteiger partial charge in [0.2, 0.25) is 12.5 Å². The highest BCUT2D eigenvalue weighted by Crippen LogP contribution is 2.35. The van der Waals surface area contributed by atoms with Gasteiger partial charge in [0, 0.05) is 55.6 Å². The Balaban J connectivity index is 1.38. The number of alkyl halides is 1. The average Bonchev–Trinajstić information content (AvgIpc) is 3.34. The SMILES string of the molecule is [C-]#[N+]C[C@H]1CN(c2nc(OC[C@@H]3C[C@@H](F)CN3C)nc3cc(-c4cncc5c4CCCC5)ccc23)CCN1C(=O)C=C. The average molecular weight is 570 g/mol. The molecule has 0 bridgehead atoms. The van der Waals surface area contributed by atoms with Crippen LogP contribution in [0.5, 0.6) is 6.01 Å². The highest BCUT2D eigenvalue weighted by atomic mass is 19.1. The molecule has 1 amide bonds. The van der Waals surface area contributed by atoms with Crippen LogP contribution in [0.15, 0.2) is 43.2 Å². The van der Waals surface area contributed by atoms with Crippen LogP contribution >= 0.6 is 0 Å². The van der Waals surface area contributed by atoms with E-state index in [1.54, 1.807) is 4.90 Å². The number of nitrogens with zero attached hydrogens (tertiary/aromatic N) is 7. The number of carbonyl (C=O) groups is 1.